The lowest BCUT2D eigenvalue weighted by Crippen LogP contribution is -2.55. The van der Waals surface area contributed by atoms with Crippen LogP contribution in [0.3, 0.4) is 0 Å². The number of nitrogens with one attached hydrogen (secondary N) is 1. The molecule has 1 fully saturated rings. The van der Waals surface area contributed by atoms with Crippen molar-refractivity contribution in [3.05, 3.63) is 0 Å². The molecule has 1 saturated heterocycles. The van der Waals surface area contributed by atoms with Crippen LogP contribution in [0.2, 0.25) is 0 Å². The van der Waals surface area contributed by atoms with Crippen molar-refractivity contribution in [2.45, 2.75) is 71.8 Å². The molecule has 4 atom stereocenters. The van der Waals surface area contributed by atoms with Gasteiger partial charge in [0.05, 0.1) is 12.2 Å². The van der Waals surface area contributed by atoms with E-state index in [0.717, 1.165) is 19.6 Å². The van der Waals surface area contributed by atoms with Crippen LogP contribution >= 0.6 is 0 Å². The van der Waals surface area contributed by atoms with Gasteiger partial charge in [0.25, 0.3) is 0 Å². The van der Waals surface area contributed by atoms with Gasteiger partial charge >= 0.3 is 0 Å². The van der Waals surface area contributed by atoms with Gasteiger partial charge in [-0.05, 0) is 40.2 Å². The van der Waals surface area contributed by atoms with Crippen molar-refractivity contribution >= 4 is 0 Å². The van der Waals surface area contributed by atoms with Crippen LogP contribution in [0.5, 0.6) is 0 Å². The minimum atomic E-state index is 0.366. The fourth-order valence-corrected chi connectivity index (χ4v) is 2.79. The van der Waals surface area contributed by atoms with Crippen LogP contribution in [0.1, 0.15) is 47.5 Å². The maximum Gasteiger partial charge on any atom is 0.0678 e. The highest BCUT2D eigenvalue weighted by Gasteiger charge is 2.28. The summed E-state index contributed by atoms with van der Waals surface area (Å²) in [7, 11) is 0. The average molecular weight is 242 g/mol. The van der Waals surface area contributed by atoms with Gasteiger partial charge in [-0.2, -0.15) is 0 Å². The van der Waals surface area contributed by atoms with Crippen molar-refractivity contribution in [2.24, 2.45) is 0 Å². The number of ether oxygens (including phenoxy) is 1. The van der Waals surface area contributed by atoms with E-state index in [1.165, 1.54) is 12.8 Å². The summed E-state index contributed by atoms with van der Waals surface area (Å²) in [6, 6.07) is 1.20. The lowest BCUT2D eigenvalue weighted by Gasteiger charge is -2.41. The molecule has 0 aliphatic carbocycles. The molecule has 3 heteroatoms. The Morgan fingerprint density at radius 1 is 1.24 bits per heavy atom. The van der Waals surface area contributed by atoms with Crippen molar-refractivity contribution in [1.29, 1.82) is 0 Å². The highest BCUT2D eigenvalue weighted by Crippen LogP contribution is 2.16. The van der Waals surface area contributed by atoms with E-state index >= 15 is 0 Å². The van der Waals surface area contributed by atoms with E-state index < -0.39 is 0 Å². The molecular formula is C14H30N2O. The van der Waals surface area contributed by atoms with Gasteiger partial charge in [-0.15, -0.1) is 0 Å². The summed E-state index contributed by atoms with van der Waals surface area (Å²) in [5, 5.41) is 3.66. The van der Waals surface area contributed by atoms with Crippen LogP contribution in [0.4, 0.5) is 0 Å². The number of rotatable bonds is 6. The second kappa shape index (κ2) is 7.34. The van der Waals surface area contributed by atoms with Gasteiger partial charge in [-0.25, -0.2) is 0 Å². The Morgan fingerprint density at radius 2 is 1.82 bits per heavy atom. The largest absolute Gasteiger partial charge is 0.373 e. The Balaban J connectivity index is 2.50. The summed E-state index contributed by atoms with van der Waals surface area (Å²) in [5.74, 6) is 0. The third-order valence-corrected chi connectivity index (χ3v) is 3.70. The lowest BCUT2D eigenvalue weighted by atomic mass is 10.0. The summed E-state index contributed by atoms with van der Waals surface area (Å²) < 4.78 is 5.80. The molecule has 102 valence electrons. The molecule has 0 aromatic carbocycles. The predicted molar refractivity (Wildman–Crippen MR) is 73.4 cm³/mol. The van der Waals surface area contributed by atoms with Crippen LogP contribution in [-0.4, -0.2) is 48.8 Å². The van der Waals surface area contributed by atoms with Gasteiger partial charge in [-0.1, -0.05) is 13.8 Å². The fraction of sp³-hybridized carbons (Fsp3) is 1.00. The first-order valence-corrected chi connectivity index (χ1v) is 7.21. The van der Waals surface area contributed by atoms with Crippen LogP contribution < -0.4 is 5.32 Å². The van der Waals surface area contributed by atoms with Crippen molar-refractivity contribution in [2.75, 3.05) is 19.6 Å². The average Bonchev–Trinajstić information content (AvgIpc) is 2.28. The third-order valence-electron chi connectivity index (χ3n) is 3.70. The standard InChI is InChI=1S/C14H30N2O/c1-6-8-15-14(7-2)13(5)16-9-11(3)17-12(4)10-16/h11-15H,6-10H2,1-5H3. The van der Waals surface area contributed by atoms with E-state index in [9.17, 15) is 0 Å². The lowest BCUT2D eigenvalue weighted by molar-refractivity contribution is -0.0821. The summed E-state index contributed by atoms with van der Waals surface area (Å²) in [4.78, 5) is 2.58. The molecule has 0 saturated carbocycles. The molecule has 0 aromatic heterocycles. The monoisotopic (exact) mass is 242 g/mol. The van der Waals surface area contributed by atoms with Crippen LogP contribution in [0.25, 0.3) is 0 Å². The molecule has 0 amide bonds. The molecule has 0 spiro atoms. The van der Waals surface area contributed by atoms with Crippen LogP contribution in [0, 0.1) is 0 Å². The highest BCUT2D eigenvalue weighted by atomic mass is 16.5. The number of hydrogen-bond donors (Lipinski definition) is 1. The van der Waals surface area contributed by atoms with Crippen molar-refractivity contribution < 1.29 is 4.74 Å². The summed E-state index contributed by atoms with van der Waals surface area (Å²) >= 11 is 0. The molecule has 4 unspecified atom stereocenters. The smallest absolute Gasteiger partial charge is 0.0678 e. The van der Waals surface area contributed by atoms with E-state index in [-0.39, 0.29) is 0 Å². The summed E-state index contributed by atoms with van der Waals surface area (Å²) in [6.07, 6.45) is 3.13. The zero-order chi connectivity index (χ0) is 12.8. The van der Waals surface area contributed by atoms with Gasteiger partial charge in [0.15, 0.2) is 0 Å². The molecule has 1 N–H and O–H groups in total. The number of hydrogen-bond acceptors (Lipinski definition) is 3. The van der Waals surface area contributed by atoms with Gasteiger partial charge < -0.3 is 10.1 Å². The molecule has 1 aliphatic rings. The van der Waals surface area contributed by atoms with E-state index in [2.05, 4.69) is 44.8 Å². The second-order valence-corrected chi connectivity index (χ2v) is 5.42. The van der Waals surface area contributed by atoms with Crippen LogP contribution in [0.15, 0.2) is 0 Å². The van der Waals surface area contributed by atoms with E-state index in [1.54, 1.807) is 0 Å². The van der Waals surface area contributed by atoms with Crippen LogP contribution in [-0.2, 0) is 4.74 Å². The Labute approximate surface area is 107 Å². The first-order valence-electron chi connectivity index (χ1n) is 7.21. The van der Waals surface area contributed by atoms with Crippen molar-refractivity contribution in [3.63, 3.8) is 0 Å². The number of morpholine rings is 1. The molecule has 0 bridgehead atoms. The number of nitrogens with zero attached hydrogens (tertiary/aromatic N) is 1. The Kier molecular flexibility index (Phi) is 6.45. The van der Waals surface area contributed by atoms with E-state index in [1.807, 2.05) is 0 Å². The normalized spacial score (nSPS) is 30.2. The fourth-order valence-electron chi connectivity index (χ4n) is 2.79. The Bertz CT molecular complexity index is 200. The third kappa shape index (κ3) is 4.57. The molecule has 1 rings (SSSR count). The maximum atomic E-state index is 5.80. The predicted octanol–water partition coefficient (Wildman–Crippen LogP) is 2.26. The molecule has 1 heterocycles. The van der Waals surface area contributed by atoms with Gasteiger partial charge in [0.1, 0.15) is 0 Å². The first kappa shape index (κ1) is 14.9. The van der Waals surface area contributed by atoms with Gasteiger partial charge in [-0.3, -0.25) is 4.90 Å². The van der Waals surface area contributed by atoms with E-state index in [4.69, 9.17) is 4.74 Å². The zero-order valence-corrected chi connectivity index (χ0v) is 12.2. The topological polar surface area (TPSA) is 24.5 Å². The molecule has 3 nitrogen and oxygen atoms in total. The summed E-state index contributed by atoms with van der Waals surface area (Å²) in [6.45, 7) is 14.5. The Hall–Kier alpha value is -0.120. The maximum absolute atomic E-state index is 5.80. The van der Waals surface area contributed by atoms with E-state index in [0.29, 0.717) is 24.3 Å². The zero-order valence-electron chi connectivity index (χ0n) is 12.2. The van der Waals surface area contributed by atoms with Crippen molar-refractivity contribution in [3.8, 4) is 0 Å². The second-order valence-electron chi connectivity index (χ2n) is 5.42. The quantitative estimate of drug-likeness (QED) is 0.773. The molecule has 17 heavy (non-hydrogen) atoms. The highest BCUT2D eigenvalue weighted by molar-refractivity contribution is 4.84. The van der Waals surface area contributed by atoms with Gasteiger partial charge in [0, 0.05) is 25.2 Å². The van der Waals surface area contributed by atoms with Crippen molar-refractivity contribution in [1.82, 2.24) is 10.2 Å². The summed E-state index contributed by atoms with van der Waals surface area (Å²) in [5.41, 5.74) is 0. The SMILES string of the molecule is CCCNC(CC)C(C)N1CC(C)OC(C)C1. The Morgan fingerprint density at radius 3 is 2.29 bits per heavy atom. The molecule has 0 radical (unpaired) electrons. The minimum Gasteiger partial charge on any atom is -0.373 e. The molecule has 1 aliphatic heterocycles. The molecule has 0 aromatic rings. The minimum absolute atomic E-state index is 0.366. The van der Waals surface area contributed by atoms with Gasteiger partial charge in [0.2, 0.25) is 0 Å². The first-order chi connectivity index (χ1) is 8.08. The molecular weight excluding hydrogens is 212 g/mol.